The summed E-state index contributed by atoms with van der Waals surface area (Å²) < 4.78 is 9.97. The van der Waals surface area contributed by atoms with E-state index in [1.165, 1.54) is 0 Å². The molecule has 0 unspecified atom stereocenters. The molecule has 0 bridgehead atoms. The summed E-state index contributed by atoms with van der Waals surface area (Å²) in [5.74, 6) is -0.909. The predicted octanol–water partition coefficient (Wildman–Crippen LogP) is 2.64. The summed E-state index contributed by atoms with van der Waals surface area (Å²) in [6.07, 6.45) is 1.39. The number of carbonyl (C=O) groups excluding carboxylic acids is 2. The highest BCUT2D eigenvalue weighted by Gasteiger charge is 2.26. The van der Waals surface area contributed by atoms with Crippen molar-refractivity contribution in [2.24, 2.45) is 0 Å². The topological polar surface area (TPSA) is 78.6 Å². The first-order chi connectivity index (χ1) is 9.06. The minimum atomic E-state index is -0.477. The number of esters is 2. The SMILES string of the molecule is CCCc1c(C(=O)OCC)sc(N)c1C(=O)OCC. The lowest BCUT2D eigenvalue weighted by molar-refractivity contribution is 0.0527. The van der Waals surface area contributed by atoms with Crippen LogP contribution in [-0.2, 0) is 15.9 Å². The van der Waals surface area contributed by atoms with Crippen molar-refractivity contribution in [1.29, 1.82) is 0 Å². The van der Waals surface area contributed by atoms with Crippen LogP contribution >= 0.6 is 11.3 Å². The summed E-state index contributed by atoms with van der Waals surface area (Å²) in [7, 11) is 0. The number of nitrogens with two attached hydrogens (primary N) is 1. The Morgan fingerprint density at radius 1 is 1.11 bits per heavy atom. The van der Waals surface area contributed by atoms with E-state index in [1.807, 2.05) is 6.92 Å². The Balaban J connectivity index is 3.23. The van der Waals surface area contributed by atoms with Gasteiger partial charge < -0.3 is 15.2 Å². The molecule has 0 aliphatic heterocycles. The van der Waals surface area contributed by atoms with E-state index in [0.29, 0.717) is 27.4 Å². The third-order valence-electron chi connectivity index (χ3n) is 2.47. The molecule has 5 nitrogen and oxygen atoms in total. The highest BCUT2D eigenvalue weighted by atomic mass is 32.1. The summed E-state index contributed by atoms with van der Waals surface area (Å²) in [4.78, 5) is 24.2. The maximum Gasteiger partial charge on any atom is 0.348 e. The van der Waals surface area contributed by atoms with Crippen molar-refractivity contribution >= 4 is 28.3 Å². The van der Waals surface area contributed by atoms with Gasteiger partial charge in [-0.05, 0) is 25.8 Å². The first-order valence-corrected chi connectivity index (χ1v) is 7.13. The zero-order valence-corrected chi connectivity index (χ0v) is 12.3. The molecule has 2 N–H and O–H groups in total. The zero-order chi connectivity index (χ0) is 14.4. The molecule has 0 aliphatic rings. The van der Waals surface area contributed by atoms with Crippen molar-refractivity contribution in [2.45, 2.75) is 33.6 Å². The van der Waals surface area contributed by atoms with Crippen LogP contribution in [-0.4, -0.2) is 25.2 Å². The zero-order valence-electron chi connectivity index (χ0n) is 11.4. The maximum atomic E-state index is 11.9. The van der Waals surface area contributed by atoms with E-state index in [0.717, 1.165) is 17.8 Å². The van der Waals surface area contributed by atoms with Gasteiger partial charge in [0.05, 0.1) is 18.8 Å². The number of ether oxygens (including phenoxy) is 2. The number of thiophene rings is 1. The number of hydrogen-bond donors (Lipinski definition) is 1. The second kappa shape index (κ2) is 7.13. The summed E-state index contributed by atoms with van der Waals surface area (Å²) in [6, 6.07) is 0. The van der Waals surface area contributed by atoms with Gasteiger partial charge in [0.1, 0.15) is 9.88 Å². The monoisotopic (exact) mass is 285 g/mol. The highest BCUT2D eigenvalue weighted by Crippen LogP contribution is 2.33. The Labute approximate surface area is 116 Å². The molecule has 19 heavy (non-hydrogen) atoms. The van der Waals surface area contributed by atoms with Gasteiger partial charge in [0.25, 0.3) is 0 Å². The van der Waals surface area contributed by atoms with Crippen molar-refractivity contribution < 1.29 is 19.1 Å². The molecule has 1 aromatic heterocycles. The predicted molar refractivity (Wildman–Crippen MR) is 74.6 cm³/mol. The Morgan fingerprint density at radius 2 is 1.68 bits per heavy atom. The average molecular weight is 285 g/mol. The van der Waals surface area contributed by atoms with Crippen LogP contribution in [0.5, 0.6) is 0 Å². The van der Waals surface area contributed by atoms with Crippen LogP contribution in [0.3, 0.4) is 0 Å². The minimum Gasteiger partial charge on any atom is -0.462 e. The standard InChI is InChI=1S/C13H19NO4S/c1-4-7-8-9(12(15)17-5-2)11(14)19-10(8)13(16)18-6-3/h4-7,14H2,1-3H3. The highest BCUT2D eigenvalue weighted by molar-refractivity contribution is 7.18. The third-order valence-corrected chi connectivity index (χ3v) is 3.52. The van der Waals surface area contributed by atoms with E-state index in [9.17, 15) is 9.59 Å². The van der Waals surface area contributed by atoms with Gasteiger partial charge in [-0.1, -0.05) is 13.3 Å². The van der Waals surface area contributed by atoms with Crippen LogP contribution in [0.15, 0.2) is 0 Å². The Bertz CT molecular complexity index is 467. The number of nitrogen functional groups attached to an aromatic ring is 1. The normalized spacial score (nSPS) is 10.3. The molecule has 0 radical (unpaired) electrons. The van der Waals surface area contributed by atoms with Gasteiger partial charge in [-0.3, -0.25) is 0 Å². The lowest BCUT2D eigenvalue weighted by Gasteiger charge is -2.06. The van der Waals surface area contributed by atoms with Crippen LogP contribution in [0, 0.1) is 0 Å². The van der Waals surface area contributed by atoms with Crippen molar-refractivity contribution in [3.63, 3.8) is 0 Å². The average Bonchev–Trinajstić information content (AvgIpc) is 2.67. The van der Waals surface area contributed by atoms with Crippen molar-refractivity contribution in [1.82, 2.24) is 0 Å². The first kappa shape index (κ1) is 15.5. The van der Waals surface area contributed by atoms with E-state index in [-0.39, 0.29) is 13.2 Å². The number of hydrogen-bond acceptors (Lipinski definition) is 6. The number of anilines is 1. The van der Waals surface area contributed by atoms with E-state index in [4.69, 9.17) is 15.2 Å². The molecule has 0 atom stereocenters. The van der Waals surface area contributed by atoms with Crippen LogP contribution in [0.25, 0.3) is 0 Å². The molecular formula is C13H19NO4S. The van der Waals surface area contributed by atoms with E-state index in [1.54, 1.807) is 13.8 Å². The molecule has 0 amide bonds. The van der Waals surface area contributed by atoms with Crippen LogP contribution < -0.4 is 5.73 Å². The molecule has 1 heterocycles. The van der Waals surface area contributed by atoms with Gasteiger partial charge in [0.2, 0.25) is 0 Å². The van der Waals surface area contributed by atoms with Crippen LogP contribution in [0.2, 0.25) is 0 Å². The molecule has 6 heteroatoms. The summed E-state index contributed by atoms with van der Waals surface area (Å²) in [5, 5.41) is 0.310. The fourth-order valence-electron chi connectivity index (χ4n) is 1.76. The molecule has 106 valence electrons. The third kappa shape index (κ3) is 3.47. The van der Waals surface area contributed by atoms with E-state index < -0.39 is 11.9 Å². The fourth-order valence-corrected chi connectivity index (χ4v) is 2.76. The second-order valence-electron chi connectivity index (χ2n) is 3.84. The Kier molecular flexibility index (Phi) is 5.82. The molecular weight excluding hydrogens is 266 g/mol. The molecule has 0 saturated carbocycles. The summed E-state index contributed by atoms with van der Waals surface area (Å²) >= 11 is 1.09. The molecule has 1 aromatic rings. The fraction of sp³-hybridized carbons (Fsp3) is 0.538. The van der Waals surface area contributed by atoms with Gasteiger partial charge in [-0.25, -0.2) is 9.59 Å². The summed E-state index contributed by atoms with van der Waals surface area (Å²) in [6.45, 7) is 6.00. The molecule has 0 spiro atoms. The van der Waals surface area contributed by atoms with Gasteiger partial charge >= 0.3 is 11.9 Å². The molecule has 1 rings (SSSR count). The first-order valence-electron chi connectivity index (χ1n) is 6.32. The molecule has 0 aliphatic carbocycles. The van der Waals surface area contributed by atoms with Gasteiger partial charge in [0.15, 0.2) is 0 Å². The van der Waals surface area contributed by atoms with E-state index in [2.05, 4.69) is 0 Å². The second-order valence-corrected chi connectivity index (χ2v) is 4.89. The number of carbonyl (C=O) groups is 2. The summed E-state index contributed by atoms with van der Waals surface area (Å²) in [5.41, 5.74) is 6.80. The van der Waals surface area contributed by atoms with Crippen molar-refractivity contribution in [3.8, 4) is 0 Å². The largest absolute Gasteiger partial charge is 0.462 e. The lowest BCUT2D eigenvalue weighted by Crippen LogP contribution is -2.11. The maximum absolute atomic E-state index is 11.9. The smallest absolute Gasteiger partial charge is 0.348 e. The molecule has 0 fully saturated rings. The van der Waals surface area contributed by atoms with E-state index >= 15 is 0 Å². The molecule has 0 aromatic carbocycles. The van der Waals surface area contributed by atoms with Gasteiger partial charge in [-0.15, -0.1) is 11.3 Å². The quantitative estimate of drug-likeness (QED) is 0.813. The van der Waals surface area contributed by atoms with Crippen molar-refractivity contribution in [3.05, 3.63) is 16.0 Å². The van der Waals surface area contributed by atoms with Crippen molar-refractivity contribution in [2.75, 3.05) is 18.9 Å². The van der Waals surface area contributed by atoms with Crippen LogP contribution in [0.4, 0.5) is 5.00 Å². The Morgan fingerprint density at radius 3 is 2.21 bits per heavy atom. The lowest BCUT2D eigenvalue weighted by atomic mass is 10.1. The minimum absolute atomic E-state index is 0.272. The van der Waals surface area contributed by atoms with Gasteiger partial charge in [0, 0.05) is 0 Å². The Hall–Kier alpha value is -1.56. The number of rotatable bonds is 6. The van der Waals surface area contributed by atoms with Gasteiger partial charge in [-0.2, -0.15) is 0 Å². The van der Waals surface area contributed by atoms with Crippen LogP contribution in [0.1, 0.15) is 52.8 Å². The molecule has 0 saturated heterocycles.